The zero-order valence-corrected chi connectivity index (χ0v) is 22.9. The van der Waals surface area contributed by atoms with Gasteiger partial charge in [0.2, 0.25) is 0 Å². The number of aliphatic hydroxyl groups excluding tert-OH is 5. The van der Waals surface area contributed by atoms with Gasteiger partial charge in [-0.3, -0.25) is 0 Å². The third kappa shape index (κ3) is 6.92. The third-order valence-corrected chi connectivity index (χ3v) is 8.26. The minimum absolute atomic E-state index is 0.0150. The molecule has 18 N–H and O–H groups in total. The van der Waals surface area contributed by atoms with Gasteiger partial charge in [-0.2, -0.15) is 0 Å². The van der Waals surface area contributed by atoms with Crippen LogP contribution in [0.3, 0.4) is 0 Å². The molecule has 4 aliphatic rings. The first kappa shape index (κ1) is 32.6. The fourth-order valence-corrected chi connectivity index (χ4v) is 6.09. The van der Waals surface area contributed by atoms with Gasteiger partial charge in [0.1, 0.15) is 36.6 Å². The maximum absolute atomic E-state index is 11.2. The van der Waals surface area contributed by atoms with Gasteiger partial charge in [0.25, 0.3) is 0 Å². The molecule has 18 heteroatoms. The van der Waals surface area contributed by atoms with E-state index < -0.39 is 104 Å². The third-order valence-electron chi connectivity index (χ3n) is 8.26. The molecule has 1 aliphatic carbocycles. The second kappa shape index (κ2) is 13.1. The van der Waals surface area contributed by atoms with Crippen molar-refractivity contribution in [1.29, 1.82) is 0 Å². The van der Waals surface area contributed by atoms with Gasteiger partial charge in [-0.25, -0.2) is 4.99 Å². The summed E-state index contributed by atoms with van der Waals surface area (Å²) in [7, 11) is 1.57. The predicted octanol–water partition coefficient (Wildman–Crippen LogP) is -7.28. The number of likely N-dealkylation sites (N-methyl/N-ethyl adjacent to an activating group) is 1. The Balaban J connectivity index is 1.40. The van der Waals surface area contributed by atoms with Crippen LogP contribution in [0.4, 0.5) is 0 Å². The molecule has 0 bridgehead atoms. The number of guanidine groups is 1. The number of nitrogens with two attached hydrogens (primary N) is 6. The number of hydrogen-bond acceptors (Lipinski definition) is 16. The van der Waals surface area contributed by atoms with E-state index in [4.69, 9.17) is 58.1 Å². The highest BCUT2D eigenvalue weighted by Crippen LogP contribution is 2.35. The van der Waals surface area contributed by atoms with Gasteiger partial charge in [-0.15, -0.1) is 0 Å². The summed E-state index contributed by atoms with van der Waals surface area (Å²) in [6.45, 7) is -0.562. The van der Waals surface area contributed by atoms with Crippen molar-refractivity contribution in [2.75, 3.05) is 20.3 Å². The fourth-order valence-electron chi connectivity index (χ4n) is 6.09. The van der Waals surface area contributed by atoms with Crippen LogP contribution in [0.25, 0.3) is 0 Å². The molecular weight excluding hydrogens is 548 g/mol. The maximum atomic E-state index is 11.2. The Labute approximate surface area is 237 Å². The van der Waals surface area contributed by atoms with E-state index in [0.717, 1.165) is 0 Å². The SMILES string of the molecule is CNC1C(O[C@H]2OC(CO)[C@@H](N=C(N)N)C(O)C2O)O[C@H]2CC(N)[C@@H](OCC3(N)CC(N)C(O)[C@H](N)C3)OC2C1O. The molecule has 0 aromatic rings. The number of rotatable bonds is 8. The second-order valence-corrected chi connectivity index (χ2v) is 11.5. The van der Waals surface area contributed by atoms with Gasteiger partial charge >= 0.3 is 0 Å². The lowest BCUT2D eigenvalue weighted by Crippen LogP contribution is -2.69. The van der Waals surface area contributed by atoms with Crippen LogP contribution in [-0.4, -0.2) is 149 Å². The van der Waals surface area contributed by atoms with Crippen molar-refractivity contribution in [3.8, 4) is 0 Å². The normalized spacial score (nSPS) is 50.6. The molecule has 3 saturated heterocycles. The molecule has 238 valence electrons. The van der Waals surface area contributed by atoms with E-state index in [0.29, 0.717) is 0 Å². The first-order valence-corrected chi connectivity index (χ1v) is 13.7. The molecule has 41 heavy (non-hydrogen) atoms. The van der Waals surface area contributed by atoms with Crippen LogP contribution >= 0.6 is 0 Å². The molecule has 18 nitrogen and oxygen atoms in total. The van der Waals surface area contributed by atoms with Gasteiger partial charge in [-0.05, 0) is 26.3 Å². The van der Waals surface area contributed by atoms with Crippen LogP contribution < -0.4 is 39.7 Å². The van der Waals surface area contributed by atoms with Crippen molar-refractivity contribution in [1.82, 2.24) is 5.32 Å². The molecular formula is C23H46N8O10. The minimum atomic E-state index is -1.62. The zero-order valence-electron chi connectivity index (χ0n) is 22.9. The number of ether oxygens (including phenoxy) is 5. The van der Waals surface area contributed by atoms with Gasteiger partial charge < -0.3 is 88.9 Å². The topological polar surface area (TPSA) is 328 Å². The van der Waals surface area contributed by atoms with Crippen LogP contribution in [0.1, 0.15) is 19.3 Å². The standard InChI is InChI=1S/C23H46N8O10/c1-30-13-16(35)18-10(2-7(24)19(40-18)37-6-23(29)3-8(25)14(33)9(26)4-23)38-20(13)41-21-17(36)15(34)12(31-22(27)28)11(5-32)39-21/h7-21,30,32-36H,2-6,24-26,29H2,1H3,(H4,27,28,31)/t7?,8-,9?,10+,11?,12-,13?,14?,15?,16?,17?,18?,19+,20?,21-,23?/m1/s1. The van der Waals surface area contributed by atoms with E-state index in [9.17, 15) is 25.5 Å². The summed E-state index contributed by atoms with van der Waals surface area (Å²) in [5.74, 6) is -0.357. The summed E-state index contributed by atoms with van der Waals surface area (Å²) in [5.41, 5.74) is 34.7. The number of aliphatic hydroxyl groups is 5. The van der Waals surface area contributed by atoms with E-state index in [-0.39, 0.29) is 31.8 Å². The Hall–Kier alpha value is -1.33. The molecule has 1 saturated carbocycles. The van der Waals surface area contributed by atoms with Gasteiger partial charge in [0, 0.05) is 17.6 Å². The average molecular weight is 595 g/mol. The van der Waals surface area contributed by atoms with Crippen molar-refractivity contribution >= 4 is 5.96 Å². The van der Waals surface area contributed by atoms with Crippen LogP contribution in [0, 0.1) is 0 Å². The first-order chi connectivity index (χ1) is 19.3. The maximum Gasteiger partial charge on any atom is 0.189 e. The lowest BCUT2D eigenvalue weighted by molar-refractivity contribution is -0.370. The summed E-state index contributed by atoms with van der Waals surface area (Å²) in [6, 6.07) is -3.89. The average Bonchev–Trinajstić information content (AvgIpc) is 2.90. The lowest BCUT2D eigenvalue weighted by atomic mass is 9.76. The number of fused-ring (bicyclic) bond motifs is 1. The minimum Gasteiger partial charge on any atom is -0.394 e. The summed E-state index contributed by atoms with van der Waals surface area (Å²) >= 11 is 0. The fraction of sp³-hybridized carbons (Fsp3) is 0.957. The van der Waals surface area contributed by atoms with E-state index in [1.807, 2.05) is 0 Å². The monoisotopic (exact) mass is 594 g/mol. The molecule has 4 rings (SSSR count). The molecule has 4 fully saturated rings. The highest BCUT2D eigenvalue weighted by atomic mass is 16.8. The summed E-state index contributed by atoms with van der Waals surface area (Å²) in [6.07, 6.45) is -10.7. The number of aliphatic imine (C=N–C) groups is 1. The molecule has 16 atom stereocenters. The number of nitrogens with one attached hydrogen (secondary N) is 1. The molecule has 0 amide bonds. The van der Waals surface area contributed by atoms with E-state index in [1.54, 1.807) is 7.05 Å². The van der Waals surface area contributed by atoms with Crippen LogP contribution in [-0.2, 0) is 23.7 Å². The summed E-state index contributed by atoms with van der Waals surface area (Å²) in [5, 5.41) is 55.2. The van der Waals surface area contributed by atoms with Crippen molar-refractivity contribution in [3.63, 3.8) is 0 Å². The predicted molar refractivity (Wildman–Crippen MR) is 141 cm³/mol. The molecule has 3 aliphatic heterocycles. The van der Waals surface area contributed by atoms with Crippen LogP contribution in [0.15, 0.2) is 4.99 Å². The molecule has 0 aromatic heterocycles. The molecule has 0 aromatic carbocycles. The van der Waals surface area contributed by atoms with Gasteiger partial charge in [-0.1, -0.05) is 0 Å². The summed E-state index contributed by atoms with van der Waals surface area (Å²) in [4.78, 5) is 3.84. The Morgan fingerprint density at radius 2 is 1.56 bits per heavy atom. The van der Waals surface area contributed by atoms with Crippen molar-refractivity contribution in [2.45, 2.75) is 117 Å². The number of hydrogen-bond donors (Lipinski definition) is 12. The quantitative estimate of drug-likeness (QED) is 0.0916. The van der Waals surface area contributed by atoms with Gasteiger partial charge in [0.15, 0.2) is 24.8 Å². The first-order valence-electron chi connectivity index (χ1n) is 13.7. The second-order valence-electron chi connectivity index (χ2n) is 11.5. The van der Waals surface area contributed by atoms with Crippen LogP contribution in [0.5, 0.6) is 0 Å². The molecule has 0 spiro atoms. The van der Waals surface area contributed by atoms with E-state index >= 15 is 0 Å². The number of nitrogens with zero attached hydrogens (tertiary/aromatic N) is 1. The van der Waals surface area contributed by atoms with Crippen LogP contribution in [0.2, 0.25) is 0 Å². The smallest absolute Gasteiger partial charge is 0.189 e. The lowest BCUT2D eigenvalue weighted by Gasteiger charge is -2.51. The Morgan fingerprint density at radius 1 is 0.902 bits per heavy atom. The Kier molecular flexibility index (Phi) is 10.4. The molecule has 0 radical (unpaired) electrons. The summed E-state index contributed by atoms with van der Waals surface area (Å²) < 4.78 is 29.6. The molecule has 11 unspecified atom stereocenters. The highest BCUT2D eigenvalue weighted by Gasteiger charge is 2.54. The largest absolute Gasteiger partial charge is 0.394 e. The van der Waals surface area contributed by atoms with Crippen molar-refractivity contribution in [2.24, 2.45) is 39.4 Å². The Bertz CT molecular complexity index is 888. The van der Waals surface area contributed by atoms with E-state index in [1.165, 1.54) is 0 Å². The van der Waals surface area contributed by atoms with Gasteiger partial charge in [0.05, 0.1) is 37.5 Å². The highest BCUT2D eigenvalue weighted by molar-refractivity contribution is 5.76. The molecule has 3 heterocycles. The van der Waals surface area contributed by atoms with Crippen molar-refractivity contribution < 1.29 is 49.2 Å². The zero-order chi connectivity index (χ0) is 30.2. The van der Waals surface area contributed by atoms with Crippen molar-refractivity contribution in [3.05, 3.63) is 0 Å². The Morgan fingerprint density at radius 3 is 2.15 bits per heavy atom. The van der Waals surface area contributed by atoms with E-state index in [2.05, 4.69) is 10.3 Å².